The molecule has 88 valence electrons. The SMILES string of the molecule is COc1cc2c(c(OC)c1)CC(Cl)CCC2. The third-order valence-electron chi connectivity index (χ3n) is 3.12. The summed E-state index contributed by atoms with van der Waals surface area (Å²) in [6.07, 6.45) is 4.16. The van der Waals surface area contributed by atoms with Crippen molar-refractivity contribution >= 4 is 11.6 Å². The molecule has 0 radical (unpaired) electrons. The maximum Gasteiger partial charge on any atom is 0.126 e. The Kier molecular flexibility index (Phi) is 3.59. The summed E-state index contributed by atoms with van der Waals surface area (Å²) in [5.41, 5.74) is 2.57. The molecular formula is C13H17ClO2. The molecule has 2 rings (SSSR count). The van der Waals surface area contributed by atoms with E-state index in [4.69, 9.17) is 21.1 Å². The average molecular weight is 241 g/mol. The van der Waals surface area contributed by atoms with Gasteiger partial charge in [-0.15, -0.1) is 11.6 Å². The van der Waals surface area contributed by atoms with Gasteiger partial charge in [-0.3, -0.25) is 0 Å². The average Bonchev–Trinajstić information content (AvgIpc) is 2.48. The van der Waals surface area contributed by atoms with Crippen molar-refractivity contribution in [3.63, 3.8) is 0 Å². The highest BCUT2D eigenvalue weighted by Crippen LogP contribution is 2.34. The van der Waals surface area contributed by atoms with Crippen molar-refractivity contribution in [3.8, 4) is 11.5 Å². The van der Waals surface area contributed by atoms with Crippen molar-refractivity contribution in [1.29, 1.82) is 0 Å². The Morgan fingerprint density at radius 2 is 2.06 bits per heavy atom. The summed E-state index contributed by atoms with van der Waals surface area (Å²) < 4.78 is 10.7. The number of rotatable bonds is 2. The third-order valence-corrected chi connectivity index (χ3v) is 3.49. The van der Waals surface area contributed by atoms with Gasteiger partial charge in [0.1, 0.15) is 11.5 Å². The van der Waals surface area contributed by atoms with Crippen LogP contribution in [0.5, 0.6) is 11.5 Å². The van der Waals surface area contributed by atoms with Crippen LogP contribution in [0.15, 0.2) is 12.1 Å². The molecule has 1 aliphatic rings. The zero-order valence-corrected chi connectivity index (χ0v) is 10.5. The molecule has 0 heterocycles. The van der Waals surface area contributed by atoms with Gasteiger partial charge < -0.3 is 9.47 Å². The number of fused-ring (bicyclic) bond motifs is 1. The standard InChI is InChI=1S/C13H17ClO2/c1-15-11-6-9-4-3-5-10(14)7-12(9)13(8-11)16-2/h6,8,10H,3-5,7H2,1-2H3. The van der Waals surface area contributed by atoms with Crippen molar-refractivity contribution in [2.24, 2.45) is 0 Å². The Labute approximate surface area is 102 Å². The fourth-order valence-corrected chi connectivity index (χ4v) is 2.58. The zero-order valence-electron chi connectivity index (χ0n) is 9.75. The molecule has 0 saturated heterocycles. The second kappa shape index (κ2) is 4.96. The molecule has 16 heavy (non-hydrogen) atoms. The van der Waals surface area contributed by atoms with Crippen LogP contribution in [0.4, 0.5) is 0 Å². The maximum atomic E-state index is 6.26. The number of halogens is 1. The molecule has 0 aliphatic heterocycles. The minimum atomic E-state index is 0.226. The predicted octanol–water partition coefficient (Wildman–Crippen LogP) is 3.19. The van der Waals surface area contributed by atoms with Gasteiger partial charge in [-0.05, 0) is 42.9 Å². The van der Waals surface area contributed by atoms with Gasteiger partial charge in [0.2, 0.25) is 0 Å². The van der Waals surface area contributed by atoms with Gasteiger partial charge in [-0.2, -0.15) is 0 Å². The number of methoxy groups -OCH3 is 2. The Bertz CT molecular complexity index is 376. The lowest BCUT2D eigenvalue weighted by atomic mass is 10.0. The highest BCUT2D eigenvalue weighted by molar-refractivity contribution is 6.20. The van der Waals surface area contributed by atoms with Crippen LogP contribution in [0.3, 0.4) is 0 Å². The molecule has 2 nitrogen and oxygen atoms in total. The van der Waals surface area contributed by atoms with Gasteiger partial charge in [0.05, 0.1) is 14.2 Å². The number of hydrogen-bond acceptors (Lipinski definition) is 2. The topological polar surface area (TPSA) is 18.5 Å². The van der Waals surface area contributed by atoms with Crippen LogP contribution in [-0.4, -0.2) is 19.6 Å². The molecule has 0 fully saturated rings. The van der Waals surface area contributed by atoms with E-state index in [2.05, 4.69) is 6.07 Å². The van der Waals surface area contributed by atoms with E-state index in [-0.39, 0.29) is 5.38 Å². The fourth-order valence-electron chi connectivity index (χ4n) is 2.27. The first-order valence-electron chi connectivity index (χ1n) is 5.62. The normalized spacial score (nSPS) is 19.8. The number of aryl methyl sites for hydroxylation is 1. The first-order chi connectivity index (χ1) is 7.74. The molecule has 3 heteroatoms. The van der Waals surface area contributed by atoms with E-state index in [0.29, 0.717) is 0 Å². The van der Waals surface area contributed by atoms with Crippen LogP contribution in [0, 0.1) is 0 Å². The molecule has 1 aromatic rings. The maximum absolute atomic E-state index is 6.26. The lowest BCUT2D eigenvalue weighted by molar-refractivity contribution is 0.390. The molecule has 0 bridgehead atoms. The second-order valence-corrected chi connectivity index (χ2v) is 4.78. The van der Waals surface area contributed by atoms with E-state index in [0.717, 1.165) is 37.2 Å². The monoisotopic (exact) mass is 240 g/mol. The highest BCUT2D eigenvalue weighted by Gasteiger charge is 2.19. The quantitative estimate of drug-likeness (QED) is 0.584. The Morgan fingerprint density at radius 1 is 1.25 bits per heavy atom. The summed E-state index contributed by atoms with van der Waals surface area (Å²) in [4.78, 5) is 0. The summed E-state index contributed by atoms with van der Waals surface area (Å²) in [7, 11) is 3.38. The van der Waals surface area contributed by atoms with E-state index in [9.17, 15) is 0 Å². The smallest absolute Gasteiger partial charge is 0.126 e. The van der Waals surface area contributed by atoms with Gasteiger partial charge in [0.25, 0.3) is 0 Å². The molecule has 1 aliphatic carbocycles. The minimum Gasteiger partial charge on any atom is -0.497 e. The molecule has 1 unspecified atom stereocenters. The minimum absolute atomic E-state index is 0.226. The van der Waals surface area contributed by atoms with Crippen LogP contribution >= 0.6 is 11.6 Å². The van der Waals surface area contributed by atoms with Gasteiger partial charge >= 0.3 is 0 Å². The van der Waals surface area contributed by atoms with Crippen molar-refractivity contribution in [2.75, 3.05) is 14.2 Å². The Morgan fingerprint density at radius 3 is 2.75 bits per heavy atom. The lowest BCUT2D eigenvalue weighted by Crippen LogP contribution is -2.03. The summed E-state index contributed by atoms with van der Waals surface area (Å²) in [6, 6.07) is 4.04. The third kappa shape index (κ3) is 2.27. The number of benzene rings is 1. The predicted molar refractivity (Wildman–Crippen MR) is 65.8 cm³/mol. The second-order valence-electron chi connectivity index (χ2n) is 4.16. The number of ether oxygens (including phenoxy) is 2. The number of hydrogen-bond donors (Lipinski definition) is 0. The summed E-state index contributed by atoms with van der Waals surface area (Å²) in [6.45, 7) is 0. The van der Waals surface area contributed by atoms with Crippen LogP contribution in [0.25, 0.3) is 0 Å². The highest BCUT2D eigenvalue weighted by atomic mass is 35.5. The van der Waals surface area contributed by atoms with E-state index in [1.165, 1.54) is 11.1 Å². The van der Waals surface area contributed by atoms with E-state index in [1.54, 1.807) is 14.2 Å². The first kappa shape index (κ1) is 11.6. The van der Waals surface area contributed by atoms with E-state index >= 15 is 0 Å². The lowest BCUT2D eigenvalue weighted by Gasteiger charge is -2.14. The molecule has 0 spiro atoms. The summed E-state index contributed by atoms with van der Waals surface area (Å²) in [5.74, 6) is 1.77. The molecule has 0 saturated carbocycles. The Hall–Kier alpha value is -0.890. The zero-order chi connectivity index (χ0) is 11.5. The van der Waals surface area contributed by atoms with Crippen LogP contribution in [-0.2, 0) is 12.8 Å². The molecular weight excluding hydrogens is 224 g/mol. The Balaban J connectivity index is 2.45. The van der Waals surface area contributed by atoms with Crippen LogP contribution in [0.1, 0.15) is 24.0 Å². The summed E-state index contributed by atoms with van der Waals surface area (Å²) >= 11 is 6.26. The fraction of sp³-hybridized carbons (Fsp3) is 0.538. The number of alkyl halides is 1. The van der Waals surface area contributed by atoms with E-state index in [1.807, 2.05) is 6.07 Å². The van der Waals surface area contributed by atoms with Gasteiger partial charge in [0.15, 0.2) is 0 Å². The largest absolute Gasteiger partial charge is 0.497 e. The molecule has 1 aromatic carbocycles. The molecule has 1 atom stereocenters. The van der Waals surface area contributed by atoms with Crippen molar-refractivity contribution in [3.05, 3.63) is 23.3 Å². The van der Waals surface area contributed by atoms with Gasteiger partial charge in [0, 0.05) is 11.4 Å². The van der Waals surface area contributed by atoms with Gasteiger partial charge in [-0.1, -0.05) is 0 Å². The van der Waals surface area contributed by atoms with Crippen molar-refractivity contribution in [2.45, 2.75) is 31.1 Å². The van der Waals surface area contributed by atoms with Crippen molar-refractivity contribution in [1.82, 2.24) is 0 Å². The summed E-state index contributed by atoms with van der Waals surface area (Å²) in [5, 5.41) is 0.226. The van der Waals surface area contributed by atoms with Gasteiger partial charge in [-0.25, -0.2) is 0 Å². The molecule has 0 aromatic heterocycles. The molecule has 0 N–H and O–H groups in total. The van der Waals surface area contributed by atoms with E-state index < -0.39 is 0 Å². The molecule has 0 amide bonds. The van der Waals surface area contributed by atoms with Crippen LogP contribution < -0.4 is 9.47 Å². The van der Waals surface area contributed by atoms with Crippen LogP contribution in [0.2, 0.25) is 0 Å². The first-order valence-corrected chi connectivity index (χ1v) is 6.06. The van der Waals surface area contributed by atoms with Crippen molar-refractivity contribution < 1.29 is 9.47 Å².